The van der Waals surface area contributed by atoms with Crippen LogP contribution in [0.15, 0.2) is 23.1 Å². The lowest BCUT2D eigenvalue weighted by Gasteiger charge is -1.99. The third-order valence-corrected chi connectivity index (χ3v) is 3.45. The van der Waals surface area contributed by atoms with Crippen molar-refractivity contribution < 1.29 is 4.79 Å². The van der Waals surface area contributed by atoms with Crippen LogP contribution in [0.1, 0.15) is 16.2 Å². The van der Waals surface area contributed by atoms with Crippen molar-refractivity contribution in [2.24, 2.45) is 0 Å². The second-order valence-corrected chi connectivity index (χ2v) is 5.37. The minimum absolute atomic E-state index is 0.305. The molecule has 0 fully saturated rings. The standard InChI is InChI=1S/C10H7BrN6OS/c1-5-14-10(19-16-5)15-9(18)7-3-13-17-4-6(11)2-12-8(7)17/h2-4H,1H3,(H,14,15,16,18). The fraction of sp³-hybridized carbons (Fsp3) is 0.100. The molecule has 0 radical (unpaired) electrons. The summed E-state index contributed by atoms with van der Waals surface area (Å²) in [5.74, 6) is 0.322. The van der Waals surface area contributed by atoms with Gasteiger partial charge in [0.05, 0.1) is 10.7 Å². The molecule has 1 amide bonds. The smallest absolute Gasteiger partial charge is 0.262 e. The first kappa shape index (κ1) is 12.2. The van der Waals surface area contributed by atoms with Crippen molar-refractivity contribution in [3.8, 4) is 0 Å². The molecule has 3 aromatic heterocycles. The molecule has 96 valence electrons. The number of fused-ring (bicyclic) bond motifs is 1. The highest BCUT2D eigenvalue weighted by molar-refractivity contribution is 9.10. The lowest BCUT2D eigenvalue weighted by Crippen LogP contribution is -2.11. The normalized spacial score (nSPS) is 10.8. The lowest BCUT2D eigenvalue weighted by molar-refractivity contribution is 0.102. The summed E-state index contributed by atoms with van der Waals surface area (Å²) in [5.41, 5.74) is 0.877. The summed E-state index contributed by atoms with van der Waals surface area (Å²) in [6.07, 6.45) is 4.81. The quantitative estimate of drug-likeness (QED) is 0.771. The number of aromatic nitrogens is 5. The molecular weight excluding hydrogens is 332 g/mol. The number of carbonyl (C=O) groups is 1. The van der Waals surface area contributed by atoms with Gasteiger partial charge < -0.3 is 0 Å². The van der Waals surface area contributed by atoms with Crippen LogP contribution in [0.2, 0.25) is 0 Å². The Morgan fingerprint density at radius 2 is 2.32 bits per heavy atom. The molecule has 9 heteroatoms. The molecule has 0 aliphatic carbocycles. The zero-order chi connectivity index (χ0) is 13.4. The summed E-state index contributed by atoms with van der Waals surface area (Å²) in [5, 5.41) is 7.21. The molecule has 0 aliphatic heterocycles. The lowest BCUT2D eigenvalue weighted by atomic mass is 10.3. The first-order valence-corrected chi connectivity index (χ1v) is 6.80. The van der Waals surface area contributed by atoms with E-state index in [1.807, 2.05) is 0 Å². The SMILES string of the molecule is Cc1nsc(NC(=O)c2cnn3cc(Br)cnc23)n1. The first-order valence-electron chi connectivity index (χ1n) is 5.24. The van der Waals surface area contributed by atoms with Gasteiger partial charge in [-0.2, -0.15) is 9.47 Å². The number of halogens is 1. The van der Waals surface area contributed by atoms with Crippen molar-refractivity contribution in [1.29, 1.82) is 0 Å². The number of nitrogens with zero attached hydrogens (tertiary/aromatic N) is 5. The molecule has 0 aromatic carbocycles. The van der Waals surface area contributed by atoms with E-state index in [1.54, 1.807) is 19.3 Å². The maximum Gasteiger partial charge on any atom is 0.262 e. The summed E-state index contributed by atoms with van der Waals surface area (Å²) >= 11 is 4.43. The Balaban J connectivity index is 1.93. The third kappa shape index (κ3) is 2.34. The van der Waals surface area contributed by atoms with E-state index in [9.17, 15) is 4.79 Å². The van der Waals surface area contributed by atoms with E-state index < -0.39 is 0 Å². The minimum atomic E-state index is -0.305. The van der Waals surface area contributed by atoms with Gasteiger partial charge in [0.15, 0.2) is 5.65 Å². The van der Waals surface area contributed by atoms with Gasteiger partial charge in [-0.15, -0.1) is 0 Å². The van der Waals surface area contributed by atoms with E-state index >= 15 is 0 Å². The summed E-state index contributed by atoms with van der Waals surface area (Å²) in [6, 6.07) is 0. The molecule has 3 rings (SSSR count). The van der Waals surface area contributed by atoms with Gasteiger partial charge in [0.1, 0.15) is 11.4 Å². The van der Waals surface area contributed by atoms with E-state index in [0.717, 1.165) is 16.0 Å². The van der Waals surface area contributed by atoms with Gasteiger partial charge >= 0.3 is 0 Å². The molecule has 0 saturated heterocycles. The molecule has 0 atom stereocenters. The van der Waals surface area contributed by atoms with Crippen molar-refractivity contribution in [2.45, 2.75) is 6.92 Å². The van der Waals surface area contributed by atoms with Gasteiger partial charge in [0, 0.05) is 23.9 Å². The van der Waals surface area contributed by atoms with Crippen LogP contribution in [-0.2, 0) is 0 Å². The monoisotopic (exact) mass is 338 g/mol. The maximum atomic E-state index is 12.1. The highest BCUT2D eigenvalue weighted by Crippen LogP contribution is 2.15. The predicted molar refractivity (Wildman–Crippen MR) is 73.3 cm³/mol. The molecule has 0 saturated carbocycles. The van der Waals surface area contributed by atoms with Gasteiger partial charge in [-0.25, -0.2) is 14.5 Å². The maximum absolute atomic E-state index is 12.1. The molecule has 0 aliphatic rings. The van der Waals surface area contributed by atoms with Crippen LogP contribution in [0.3, 0.4) is 0 Å². The molecule has 3 aromatic rings. The average molecular weight is 339 g/mol. The van der Waals surface area contributed by atoms with Crippen LogP contribution in [0.25, 0.3) is 5.65 Å². The Morgan fingerprint density at radius 3 is 3.05 bits per heavy atom. The van der Waals surface area contributed by atoms with Crippen LogP contribution in [0, 0.1) is 6.92 Å². The number of rotatable bonds is 2. The summed E-state index contributed by atoms with van der Waals surface area (Å²) in [4.78, 5) is 20.3. The second kappa shape index (κ2) is 4.67. The van der Waals surface area contributed by atoms with Gasteiger partial charge in [-0.1, -0.05) is 0 Å². The third-order valence-electron chi connectivity index (χ3n) is 2.32. The van der Waals surface area contributed by atoms with Gasteiger partial charge in [-0.3, -0.25) is 10.1 Å². The van der Waals surface area contributed by atoms with Gasteiger partial charge in [0.2, 0.25) is 5.13 Å². The van der Waals surface area contributed by atoms with Gasteiger partial charge in [0.25, 0.3) is 5.91 Å². The van der Waals surface area contributed by atoms with E-state index in [0.29, 0.717) is 22.2 Å². The molecule has 19 heavy (non-hydrogen) atoms. The molecule has 7 nitrogen and oxygen atoms in total. The Kier molecular flexibility index (Phi) is 2.99. The summed E-state index contributed by atoms with van der Waals surface area (Å²) in [6.45, 7) is 1.76. The molecule has 0 unspecified atom stereocenters. The van der Waals surface area contributed by atoms with Crippen molar-refractivity contribution in [3.05, 3.63) is 34.5 Å². The fourth-order valence-corrected chi connectivity index (χ4v) is 2.39. The number of aryl methyl sites for hydroxylation is 1. The van der Waals surface area contributed by atoms with Crippen molar-refractivity contribution in [2.75, 3.05) is 5.32 Å². The predicted octanol–water partition coefficient (Wildman–Crippen LogP) is 1.90. The summed E-state index contributed by atoms with van der Waals surface area (Å²) in [7, 11) is 0. The average Bonchev–Trinajstić information content (AvgIpc) is 2.95. The molecule has 1 N–H and O–H groups in total. The van der Waals surface area contributed by atoms with Crippen LogP contribution in [0.4, 0.5) is 5.13 Å². The Bertz CT molecular complexity index is 766. The van der Waals surface area contributed by atoms with E-state index in [4.69, 9.17) is 0 Å². The van der Waals surface area contributed by atoms with Crippen molar-refractivity contribution in [1.82, 2.24) is 24.0 Å². The van der Waals surface area contributed by atoms with Crippen LogP contribution in [-0.4, -0.2) is 29.9 Å². The van der Waals surface area contributed by atoms with Crippen LogP contribution in [0.5, 0.6) is 0 Å². The second-order valence-electron chi connectivity index (χ2n) is 3.70. The van der Waals surface area contributed by atoms with Crippen molar-refractivity contribution in [3.63, 3.8) is 0 Å². The Labute approximate surface area is 120 Å². The zero-order valence-electron chi connectivity index (χ0n) is 9.66. The number of carbonyl (C=O) groups excluding carboxylic acids is 1. The number of amides is 1. The number of anilines is 1. The number of nitrogens with one attached hydrogen (secondary N) is 1. The largest absolute Gasteiger partial charge is 0.296 e. The van der Waals surface area contributed by atoms with Crippen molar-refractivity contribution >= 4 is 44.1 Å². The Hall–Kier alpha value is -1.87. The minimum Gasteiger partial charge on any atom is -0.296 e. The Morgan fingerprint density at radius 1 is 1.47 bits per heavy atom. The molecular formula is C10H7BrN6OS. The topological polar surface area (TPSA) is 85.1 Å². The number of hydrogen-bond donors (Lipinski definition) is 1. The first-order chi connectivity index (χ1) is 9.13. The molecule has 3 heterocycles. The zero-order valence-corrected chi connectivity index (χ0v) is 12.1. The van der Waals surface area contributed by atoms with E-state index in [1.165, 1.54) is 10.7 Å². The van der Waals surface area contributed by atoms with Crippen LogP contribution < -0.4 is 5.32 Å². The van der Waals surface area contributed by atoms with E-state index in [2.05, 4.69) is 40.7 Å². The molecule has 0 bridgehead atoms. The van der Waals surface area contributed by atoms with Gasteiger partial charge in [-0.05, 0) is 22.9 Å². The van der Waals surface area contributed by atoms with E-state index in [-0.39, 0.29) is 5.91 Å². The molecule has 0 spiro atoms. The highest BCUT2D eigenvalue weighted by Gasteiger charge is 2.15. The fourth-order valence-electron chi connectivity index (χ4n) is 1.52. The highest BCUT2D eigenvalue weighted by atomic mass is 79.9. The number of hydrogen-bond acceptors (Lipinski definition) is 6. The summed E-state index contributed by atoms with van der Waals surface area (Å²) < 4.78 is 6.32. The van der Waals surface area contributed by atoms with Crippen LogP contribution >= 0.6 is 27.5 Å².